The van der Waals surface area contributed by atoms with Gasteiger partial charge in [0, 0.05) is 27.0 Å². The SMILES string of the molecule is Brc1cccc2cccc(N3c4ccccc4-c4nccc5cccc3c45)c12. The van der Waals surface area contributed by atoms with Crippen LogP contribution in [0.2, 0.25) is 0 Å². The minimum atomic E-state index is 1.05. The lowest BCUT2D eigenvalue weighted by atomic mass is 9.94. The topological polar surface area (TPSA) is 16.1 Å². The number of rotatable bonds is 1. The van der Waals surface area contributed by atoms with Crippen molar-refractivity contribution in [2.24, 2.45) is 0 Å². The summed E-state index contributed by atoms with van der Waals surface area (Å²) < 4.78 is 1.10. The molecule has 2 heterocycles. The van der Waals surface area contributed by atoms with Crippen LogP contribution < -0.4 is 4.90 Å². The first-order valence-electron chi connectivity index (χ1n) is 9.27. The molecular weight excluding hydrogens is 408 g/mol. The van der Waals surface area contributed by atoms with E-state index < -0.39 is 0 Å². The normalized spacial score (nSPS) is 12.4. The highest BCUT2D eigenvalue weighted by Gasteiger charge is 2.27. The summed E-state index contributed by atoms with van der Waals surface area (Å²) in [5, 5.41) is 4.84. The first kappa shape index (κ1) is 15.8. The Bertz CT molecular complexity index is 1380. The zero-order valence-electron chi connectivity index (χ0n) is 14.9. The van der Waals surface area contributed by atoms with Gasteiger partial charge in [0.05, 0.1) is 22.8 Å². The fourth-order valence-electron chi connectivity index (χ4n) is 4.32. The average Bonchev–Trinajstić information content (AvgIpc) is 2.74. The largest absolute Gasteiger partial charge is 0.308 e. The first-order chi connectivity index (χ1) is 13.8. The Morgan fingerprint density at radius 1 is 0.607 bits per heavy atom. The maximum absolute atomic E-state index is 4.75. The summed E-state index contributed by atoms with van der Waals surface area (Å²) in [5.41, 5.74) is 5.71. The highest BCUT2D eigenvalue weighted by atomic mass is 79.9. The third-order valence-corrected chi connectivity index (χ3v) is 6.14. The van der Waals surface area contributed by atoms with E-state index in [4.69, 9.17) is 4.98 Å². The van der Waals surface area contributed by atoms with E-state index in [9.17, 15) is 0 Å². The van der Waals surface area contributed by atoms with Crippen molar-refractivity contribution in [1.29, 1.82) is 0 Å². The Hall–Kier alpha value is -3.17. The smallest absolute Gasteiger partial charge is 0.0822 e. The molecule has 28 heavy (non-hydrogen) atoms. The van der Waals surface area contributed by atoms with Gasteiger partial charge in [0.15, 0.2) is 0 Å². The molecule has 6 rings (SSSR count). The maximum atomic E-state index is 4.75. The lowest BCUT2D eigenvalue weighted by molar-refractivity contribution is 1.26. The van der Waals surface area contributed by atoms with Crippen LogP contribution in [0, 0.1) is 0 Å². The van der Waals surface area contributed by atoms with E-state index in [0.717, 1.165) is 21.4 Å². The molecule has 0 saturated carbocycles. The second kappa shape index (κ2) is 5.91. The number of hydrogen-bond donors (Lipinski definition) is 0. The second-order valence-electron chi connectivity index (χ2n) is 7.00. The van der Waals surface area contributed by atoms with E-state index in [1.807, 2.05) is 6.20 Å². The van der Waals surface area contributed by atoms with Crippen molar-refractivity contribution in [1.82, 2.24) is 4.98 Å². The van der Waals surface area contributed by atoms with Gasteiger partial charge in [0.25, 0.3) is 0 Å². The fourth-order valence-corrected chi connectivity index (χ4v) is 4.91. The van der Waals surface area contributed by atoms with Gasteiger partial charge in [-0.2, -0.15) is 0 Å². The van der Waals surface area contributed by atoms with Crippen LogP contribution >= 0.6 is 15.9 Å². The van der Waals surface area contributed by atoms with Crippen molar-refractivity contribution in [3.05, 3.63) is 95.6 Å². The minimum absolute atomic E-state index is 1.05. The number of halogens is 1. The maximum Gasteiger partial charge on any atom is 0.0822 e. The van der Waals surface area contributed by atoms with Crippen molar-refractivity contribution >= 4 is 54.5 Å². The zero-order chi connectivity index (χ0) is 18.7. The van der Waals surface area contributed by atoms with E-state index in [-0.39, 0.29) is 0 Å². The van der Waals surface area contributed by atoms with Gasteiger partial charge in [-0.15, -0.1) is 0 Å². The summed E-state index contributed by atoms with van der Waals surface area (Å²) in [6, 6.07) is 30.0. The lowest BCUT2D eigenvalue weighted by Gasteiger charge is -2.33. The number of pyridine rings is 1. The van der Waals surface area contributed by atoms with Crippen LogP contribution in [-0.4, -0.2) is 4.98 Å². The molecule has 132 valence electrons. The molecule has 5 aromatic rings. The molecule has 2 nitrogen and oxygen atoms in total. The van der Waals surface area contributed by atoms with Crippen molar-refractivity contribution in [2.45, 2.75) is 0 Å². The molecule has 0 atom stereocenters. The predicted octanol–water partition coefficient (Wildman–Crippen LogP) is 7.60. The molecule has 0 bridgehead atoms. The summed E-state index contributed by atoms with van der Waals surface area (Å²) in [6.07, 6.45) is 1.91. The van der Waals surface area contributed by atoms with Gasteiger partial charge in [-0.1, -0.05) is 70.5 Å². The molecule has 4 aromatic carbocycles. The zero-order valence-corrected chi connectivity index (χ0v) is 16.5. The minimum Gasteiger partial charge on any atom is -0.308 e. The van der Waals surface area contributed by atoms with Crippen LogP contribution in [0.15, 0.2) is 95.6 Å². The highest BCUT2D eigenvalue weighted by Crippen LogP contribution is 2.51. The average molecular weight is 423 g/mol. The summed E-state index contributed by atoms with van der Waals surface area (Å²) >= 11 is 3.78. The van der Waals surface area contributed by atoms with Crippen molar-refractivity contribution < 1.29 is 0 Å². The molecule has 0 radical (unpaired) electrons. The molecule has 0 aliphatic carbocycles. The van der Waals surface area contributed by atoms with Gasteiger partial charge in [-0.3, -0.25) is 4.98 Å². The Balaban J connectivity index is 1.80. The summed E-state index contributed by atoms with van der Waals surface area (Å²) in [6.45, 7) is 0. The molecule has 0 spiro atoms. The Kier molecular flexibility index (Phi) is 3.35. The van der Waals surface area contributed by atoms with Gasteiger partial charge in [-0.05, 0) is 41.1 Å². The van der Waals surface area contributed by atoms with E-state index >= 15 is 0 Å². The van der Waals surface area contributed by atoms with Crippen molar-refractivity contribution in [3.8, 4) is 11.3 Å². The van der Waals surface area contributed by atoms with Gasteiger partial charge in [-0.25, -0.2) is 0 Å². The molecule has 0 amide bonds. The summed E-state index contributed by atoms with van der Waals surface area (Å²) in [4.78, 5) is 7.13. The predicted molar refractivity (Wildman–Crippen MR) is 121 cm³/mol. The molecule has 0 N–H and O–H groups in total. The lowest BCUT2D eigenvalue weighted by Crippen LogP contribution is -2.15. The van der Waals surface area contributed by atoms with Crippen molar-refractivity contribution in [2.75, 3.05) is 4.90 Å². The standard InChI is InChI=1S/C25H15BrN2/c26-19-10-3-6-16-7-4-12-21(23(16)19)28-20-11-2-1-9-18(20)25-24-17(14-15-27-25)8-5-13-22(24)28/h1-15H. The monoisotopic (exact) mass is 422 g/mol. The van der Waals surface area contributed by atoms with Gasteiger partial charge in [0.2, 0.25) is 0 Å². The molecule has 0 unspecified atom stereocenters. The number of anilines is 3. The second-order valence-corrected chi connectivity index (χ2v) is 7.86. The number of hydrogen-bond acceptors (Lipinski definition) is 2. The first-order valence-corrected chi connectivity index (χ1v) is 10.1. The van der Waals surface area contributed by atoms with Gasteiger partial charge < -0.3 is 4.90 Å². The molecule has 1 aliphatic rings. The Morgan fingerprint density at radius 2 is 1.25 bits per heavy atom. The molecule has 1 aromatic heterocycles. The summed E-state index contributed by atoms with van der Waals surface area (Å²) in [5.74, 6) is 0. The number of benzene rings is 4. The van der Waals surface area contributed by atoms with E-state index in [1.165, 1.54) is 32.9 Å². The Morgan fingerprint density at radius 3 is 2.07 bits per heavy atom. The number of nitrogens with zero attached hydrogens (tertiary/aromatic N) is 2. The number of aromatic nitrogens is 1. The quantitative estimate of drug-likeness (QED) is 0.271. The molecule has 0 fully saturated rings. The summed E-state index contributed by atoms with van der Waals surface area (Å²) in [7, 11) is 0. The van der Waals surface area contributed by atoms with Crippen LogP contribution in [0.25, 0.3) is 32.8 Å². The van der Waals surface area contributed by atoms with Crippen molar-refractivity contribution in [3.63, 3.8) is 0 Å². The number of para-hydroxylation sites is 1. The van der Waals surface area contributed by atoms with E-state index in [2.05, 4.69) is 106 Å². The van der Waals surface area contributed by atoms with E-state index in [0.29, 0.717) is 0 Å². The van der Waals surface area contributed by atoms with Crippen LogP contribution in [-0.2, 0) is 0 Å². The van der Waals surface area contributed by atoms with Crippen LogP contribution in [0.3, 0.4) is 0 Å². The molecular formula is C25H15BrN2. The molecule has 3 heteroatoms. The highest BCUT2D eigenvalue weighted by molar-refractivity contribution is 9.10. The van der Waals surface area contributed by atoms with Crippen LogP contribution in [0.5, 0.6) is 0 Å². The van der Waals surface area contributed by atoms with Crippen LogP contribution in [0.4, 0.5) is 17.1 Å². The third kappa shape index (κ3) is 2.11. The number of fused-ring (bicyclic) bond motifs is 3. The van der Waals surface area contributed by atoms with Gasteiger partial charge >= 0.3 is 0 Å². The Labute approximate surface area is 171 Å². The van der Waals surface area contributed by atoms with Crippen LogP contribution in [0.1, 0.15) is 0 Å². The third-order valence-electron chi connectivity index (χ3n) is 5.48. The van der Waals surface area contributed by atoms with Gasteiger partial charge in [0.1, 0.15) is 0 Å². The molecule has 1 aliphatic heterocycles. The fraction of sp³-hybridized carbons (Fsp3) is 0. The van der Waals surface area contributed by atoms with E-state index in [1.54, 1.807) is 0 Å². The molecule has 0 saturated heterocycles.